The lowest BCUT2D eigenvalue weighted by atomic mass is 9.99. The first-order valence-corrected chi connectivity index (χ1v) is 10.8. The minimum absolute atomic E-state index is 0.255. The second-order valence-electron chi connectivity index (χ2n) is 6.91. The molecule has 0 aromatic heterocycles. The molecule has 0 radical (unpaired) electrons. The first-order valence-electron chi connectivity index (χ1n) is 8.98. The van der Waals surface area contributed by atoms with E-state index in [1.165, 1.54) is 0 Å². The molecule has 7 heteroatoms. The number of aliphatic hydroxyl groups excluding tert-OH is 1. The summed E-state index contributed by atoms with van der Waals surface area (Å²) in [5.41, 5.74) is 1.76. The molecule has 0 spiro atoms. The molecular formula is C23H19F3O3S. The number of sulfone groups is 1. The molecule has 0 aliphatic rings. The van der Waals surface area contributed by atoms with Crippen LogP contribution >= 0.6 is 0 Å². The number of alkyl halides is 3. The van der Waals surface area contributed by atoms with Gasteiger partial charge in [-0.25, -0.2) is 8.42 Å². The van der Waals surface area contributed by atoms with Gasteiger partial charge in [-0.1, -0.05) is 61.2 Å². The number of hydrogen-bond acceptors (Lipinski definition) is 3. The largest absolute Gasteiger partial charge is 0.508 e. The fourth-order valence-electron chi connectivity index (χ4n) is 3.14. The van der Waals surface area contributed by atoms with Gasteiger partial charge in [0.2, 0.25) is 0 Å². The summed E-state index contributed by atoms with van der Waals surface area (Å²) in [6.07, 6.45) is -4.48. The molecule has 156 valence electrons. The van der Waals surface area contributed by atoms with Crippen LogP contribution in [0.15, 0.2) is 79.4 Å². The van der Waals surface area contributed by atoms with E-state index < -0.39 is 27.3 Å². The van der Waals surface area contributed by atoms with Gasteiger partial charge in [-0.2, -0.15) is 13.2 Å². The zero-order chi connectivity index (χ0) is 21.9. The number of halogens is 3. The molecule has 0 aliphatic carbocycles. The fourth-order valence-corrected chi connectivity index (χ4v) is 4.65. The monoisotopic (exact) mass is 432 g/mol. The van der Waals surface area contributed by atoms with Crippen LogP contribution in [0.4, 0.5) is 13.2 Å². The molecule has 3 aromatic carbocycles. The Morgan fingerprint density at radius 2 is 1.50 bits per heavy atom. The van der Waals surface area contributed by atoms with Crippen LogP contribution in [0, 0.1) is 0 Å². The van der Waals surface area contributed by atoms with Crippen LogP contribution in [-0.2, 0) is 27.5 Å². The average Bonchev–Trinajstić information content (AvgIpc) is 2.67. The van der Waals surface area contributed by atoms with Crippen LogP contribution in [0.2, 0.25) is 0 Å². The summed E-state index contributed by atoms with van der Waals surface area (Å²) in [6, 6.07) is 18.4. The average molecular weight is 432 g/mol. The molecule has 0 bridgehead atoms. The smallest absolute Gasteiger partial charge is 0.416 e. The highest BCUT2D eigenvalue weighted by atomic mass is 32.2. The van der Waals surface area contributed by atoms with Gasteiger partial charge in [0.05, 0.1) is 17.1 Å². The number of hydrogen-bond donors (Lipinski definition) is 1. The van der Waals surface area contributed by atoms with E-state index in [-0.39, 0.29) is 17.1 Å². The maximum atomic E-state index is 12.7. The molecule has 30 heavy (non-hydrogen) atoms. The standard InChI is InChI=1S/C23H19F3O3S/c1-16(27)22-12-9-19(18-5-3-2-4-6-18)13-20(22)15-30(28,29)14-17-7-10-21(11-8-17)23(24,25)26/h2-13,27H,1,14-15H2. The Labute approximate surface area is 173 Å². The van der Waals surface area contributed by atoms with E-state index in [1.807, 2.05) is 30.3 Å². The van der Waals surface area contributed by atoms with Crippen molar-refractivity contribution in [1.29, 1.82) is 0 Å². The second kappa shape index (κ2) is 8.36. The second-order valence-corrected chi connectivity index (χ2v) is 8.98. The van der Waals surface area contributed by atoms with E-state index in [9.17, 15) is 26.7 Å². The van der Waals surface area contributed by atoms with Crippen molar-refractivity contribution >= 4 is 15.6 Å². The third-order valence-electron chi connectivity index (χ3n) is 4.57. The summed E-state index contributed by atoms with van der Waals surface area (Å²) in [4.78, 5) is 0. The van der Waals surface area contributed by atoms with Crippen LogP contribution in [-0.4, -0.2) is 13.5 Å². The van der Waals surface area contributed by atoms with Crippen LogP contribution in [0.1, 0.15) is 22.3 Å². The molecule has 0 heterocycles. The molecule has 0 aliphatic heterocycles. The lowest BCUT2D eigenvalue weighted by Gasteiger charge is -2.13. The maximum Gasteiger partial charge on any atom is 0.416 e. The summed E-state index contributed by atoms with van der Waals surface area (Å²) in [5, 5.41) is 9.86. The maximum absolute atomic E-state index is 12.7. The first-order chi connectivity index (χ1) is 14.0. The summed E-state index contributed by atoms with van der Waals surface area (Å²) in [7, 11) is -3.72. The fraction of sp³-hybridized carbons (Fsp3) is 0.130. The third-order valence-corrected chi connectivity index (χ3v) is 6.09. The van der Waals surface area contributed by atoms with E-state index in [0.717, 1.165) is 35.4 Å². The zero-order valence-corrected chi connectivity index (χ0v) is 16.7. The highest BCUT2D eigenvalue weighted by Gasteiger charge is 2.30. The highest BCUT2D eigenvalue weighted by molar-refractivity contribution is 7.89. The van der Waals surface area contributed by atoms with E-state index >= 15 is 0 Å². The highest BCUT2D eigenvalue weighted by Crippen LogP contribution is 2.30. The predicted octanol–water partition coefficient (Wildman–Crippen LogP) is 6.02. The van der Waals surface area contributed by atoms with Gasteiger partial charge in [-0.05, 0) is 40.5 Å². The van der Waals surface area contributed by atoms with E-state index in [2.05, 4.69) is 6.58 Å². The lowest BCUT2D eigenvalue weighted by molar-refractivity contribution is -0.137. The van der Waals surface area contributed by atoms with E-state index in [4.69, 9.17) is 0 Å². The van der Waals surface area contributed by atoms with Crippen molar-refractivity contribution in [2.45, 2.75) is 17.7 Å². The van der Waals surface area contributed by atoms with Crippen molar-refractivity contribution in [1.82, 2.24) is 0 Å². The number of rotatable bonds is 6. The quantitative estimate of drug-likeness (QED) is 0.485. The summed E-state index contributed by atoms with van der Waals surface area (Å²) in [6.45, 7) is 3.49. The van der Waals surface area contributed by atoms with E-state index in [0.29, 0.717) is 11.1 Å². The molecule has 0 saturated heterocycles. The topological polar surface area (TPSA) is 54.4 Å². The van der Waals surface area contributed by atoms with Gasteiger partial charge < -0.3 is 5.11 Å². The SMILES string of the molecule is C=C(O)c1ccc(-c2ccccc2)cc1CS(=O)(=O)Cc1ccc(C(F)(F)F)cc1. The Morgan fingerprint density at radius 1 is 0.867 bits per heavy atom. The Bertz CT molecular complexity index is 1150. The molecule has 3 rings (SSSR count). The van der Waals surface area contributed by atoms with Gasteiger partial charge >= 0.3 is 6.18 Å². The lowest BCUT2D eigenvalue weighted by Crippen LogP contribution is -2.10. The molecule has 0 unspecified atom stereocenters. The number of benzene rings is 3. The Hall–Kier alpha value is -3.06. The Morgan fingerprint density at radius 3 is 2.07 bits per heavy atom. The molecule has 0 atom stereocenters. The molecule has 3 nitrogen and oxygen atoms in total. The van der Waals surface area contributed by atoms with Crippen molar-refractivity contribution in [2.24, 2.45) is 0 Å². The van der Waals surface area contributed by atoms with Crippen molar-refractivity contribution in [2.75, 3.05) is 0 Å². The summed E-state index contributed by atoms with van der Waals surface area (Å²) >= 11 is 0. The Kier molecular flexibility index (Phi) is 6.03. The molecular weight excluding hydrogens is 413 g/mol. The van der Waals surface area contributed by atoms with Gasteiger partial charge in [0.25, 0.3) is 0 Å². The minimum atomic E-state index is -4.48. The van der Waals surface area contributed by atoms with Gasteiger partial charge in [0.15, 0.2) is 9.84 Å². The summed E-state index contributed by atoms with van der Waals surface area (Å²) < 4.78 is 63.6. The molecule has 3 aromatic rings. The van der Waals surface area contributed by atoms with Crippen molar-refractivity contribution < 1.29 is 26.7 Å². The van der Waals surface area contributed by atoms with Gasteiger partial charge in [-0.15, -0.1) is 0 Å². The number of aliphatic hydroxyl groups is 1. The molecule has 0 fully saturated rings. The van der Waals surface area contributed by atoms with Gasteiger partial charge in [-0.3, -0.25) is 0 Å². The zero-order valence-electron chi connectivity index (χ0n) is 15.9. The van der Waals surface area contributed by atoms with Crippen LogP contribution in [0.3, 0.4) is 0 Å². The molecule has 0 amide bonds. The van der Waals surface area contributed by atoms with Gasteiger partial charge in [0.1, 0.15) is 5.76 Å². The molecule has 0 saturated carbocycles. The van der Waals surface area contributed by atoms with E-state index in [1.54, 1.807) is 18.2 Å². The van der Waals surface area contributed by atoms with Crippen LogP contribution < -0.4 is 0 Å². The van der Waals surface area contributed by atoms with Crippen molar-refractivity contribution in [3.8, 4) is 11.1 Å². The molecule has 1 N–H and O–H groups in total. The minimum Gasteiger partial charge on any atom is -0.508 e. The van der Waals surface area contributed by atoms with Crippen LogP contribution in [0.25, 0.3) is 16.9 Å². The normalized spacial score (nSPS) is 12.0. The third kappa shape index (κ3) is 5.30. The summed E-state index contributed by atoms with van der Waals surface area (Å²) in [5.74, 6) is -1.06. The van der Waals surface area contributed by atoms with Crippen LogP contribution in [0.5, 0.6) is 0 Å². The van der Waals surface area contributed by atoms with Crippen molar-refractivity contribution in [3.63, 3.8) is 0 Å². The predicted molar refractivity (Wildman–Crippen MR) is 111 cm³/mol. The van der Waals surface area contributed by atoms with Crippen molar-refractivity contribution in [3.05, 3.63) is 102 Å². The Balaban J connectivity index is 1.88. The first kappa shape index (κ1) is 21.6. The van der Waals surface area contributed by atoms with Gasteiger partial charge in [0, 0.05) is 5.56 Å².